The Labute approximate surface area is 106 Å². The second-order valence-corrected chi connectivity index (χ2v) is 3.96. The summed E-state index contributed by atoms with van der Waals surface area (Å²) in [4.78, 5) is 8.52. The Balaban J connectivity index is 2.26. The molecule has 6 heteroatoms. The molecule has 0 bridgehead atoms. The van der Waals surface area contributed by atoms with Crippen LogP contribution < -0.4 is 10.1 Å². The quantitative estimate of drug-likeness (QED) is 0.894. The van der Waals surface area contributed by atoms with Gasteiger partial charge in [-0.05, 0) is 20.8 Å². The van der Waals surface area contributed by atoms with Crippen molar-refractivity contribution in [3.8, 4) is 5.88 Å². The molecule has 1 N–H and O–H groups in total. The lowest BCUT2D eigenvalue weighted by atomic mass is 10.4. The standard InChI is InChI=1S/C12H17N5O/c1-5-18-12-6-11(14-9(3)15-12)16-10-7-13-17(4)8(10)2/h6-7H,5H2,1-4H3,(H,14,15,16). The third-order valence-corrected chi connectivity index (χ3v) is 2.60. The largest absolute Gasteiger partial charge is 0.478 e. The number of aromatic nitrogens is 4. The van der Waals surface area contributed by atoms with Crippen LogP contribution in [0.15, 0.2) is 12.3 Å². The topological polar surface area (TPSA) is 64.9 Å². The van der Waals surface area contributed by atoms with Gasteiger partial charge in [-0.2, -0.15) is 10.1 Å². The molecule has 0 radical (unpaired) electrons. The monoisotopic (exact) mass is 247 g/mol. The summed E-state index contributed by atoms with van der Waals surface area (Å²) < 4.78 is 7.19. The van der Waals surface area contributed by atoms with Crippen LogP contribution in [0.25, 0.3) is 0 Å². The molecule has 0 unspecified atom stereocenters. The van der Waals surface area contributed by atoms with Crippen molar-refractivity contribution in [2.75, 3.05) is 11.9 Å². The van der Waals surface area contributed by atoms with E-state index in [1.807, 2.05) is 27.8 Å². The Morgan fingerprint density at radius 2 is 2.11 bits per heavy atom. The summed E-state index contributed by atoms with van der Waals surface area (Å²) >= 11 is 0. The van der Waals surface area contributed by atoms with Crippen LogP contribution >= 0.6 is 0 Å². The Kier molecular flexibility index (Phi) is 3.45. The lowest BCUT2D eigenvalue weighted by Gasteiger charge is -2.08. The molecule has 2 heterocycles. The van der Waals surface area contributed by atoms with E-state index in [0.717, 1.165) is 11.4 Å². The first-order valence-corrected chi connectivity index (χ1v) is 5.84. The van der Waals surface area contributed by atoms with Gasteiger partial charge in [0.15, 0.2) is 0 Å². The highest BCUT2D eigenvalue weighted by molar-refractivity contribution is 5.58. The van der Waals surface area contributed by atoms with Crippen LogP contribution in [-0.2, 0) is 7.05 Å². The molecule has 0 amide bonds. The number of hydrogen-bond acceptors (Lipinski definition) is 5. The highest BCUT2D eigenvalue weighted by atomic mass is 16.5. The van der Waals surface area contributed by atoms with E-state index in [1.165, 1.54) is 0 Å². The summed E-state index contributed by atoms with van der Waals surface area (Å²) in [6.45, 7) is 6.34. The first-order valence-electron chi connectivity index (χ1n) is 5.84. The molecule has 0 aliphatic carbocycles. The summed E-state index contributed by atoms with van der Waals surface area (Å²) in [5.74, 6) is 1.96. The fourth-order valence-corrected chi connectivity index (χ4v) is 1.59. The Morgan fingerprint density at radius 3 is 2.72 bits per heavy atom. The minimum absolute atomic E-state index is 0.578. The van der Waals surface area contributed by atoms with E-state index >= 15 is 0 Å². The summed E-state index contributed by atoms with van der Waals surface area (Å²) in [6.07, 6.45) is 1.77. The Bertz CT molecular complexity index is 549. The fourth-order valence-electron chi connectivity index (χ4n) is 1.59. The summed E-state index contributed by atoms with van der Waals surface area (Å²) in [7, 11) is 1.90. The SMILES string of the molecule is CCOc1cc(Nc2cnn(C)c2C)nc(C)n1. The first kappa shape index (κ1) is 12.3. The third kappa shape index (κ3) is 2.58. The summed E-state index contributed by atoms with van der Waals surface area (Å²) in [5, 5.41) is 7.39. The second-order valence-electron chi connectivity index (χ2n) is 3.96. The Morgan fingerprint density at radius 1 is 1.33 bits per heavy atom. The molecule has 96 valence electrons. The molecule has 0 aromatic carbocycles. The van der Waals surface area contributed by atoms with Crippen molar-refractivity contribution >= 4 is 11.5 Å². The van der Waals surface area contributed by atoms with Crippen LogP contribution in [0.5, 0.6) is 5.88 Å². The van der Waals surface area contributed by atoms with Crippen molar-refractivity contribution in [1.82, 2.24) is 19.7 Å². The first-order chi connectivity index (χ1) is 8.60. The van der Waals surface area contributed by atoms with Gasteiger partial charge in [0.25, 0.3) is 0 Å². The van der Waals surface area contributed by atoms with Crippen molar-refractivity contribution in [3.63, 3.8) is 0 Å². The smallest absolute Gasteiger partial charge is 0.218 e. The highest BCUT2D eigenvalue weighted by Crippen LogP contribution is 2.20. The van der Waals surface area contributed by atoms with Crippen molar-refractivity contribution in [2.45, 2.75) is 20.8 Å². The molecular formula is C12H17N5O. The van der Waals surface area contributed by atoms with E-state index in [1.54, 1.807) is 16.9 Å². The number of rotatable bonds is 4. The zero-order chi connectivity index (χ0) is 13.1. The van der Waals surface area contributed by atoms with Crippen molar-refractivity contribution in [1.29, 1.82) is 0 Å². The molecule has 2 aromatic rings. The minimum Gasteiger partial charge on any atom is -0.478 e. The predicted octanol–water partition coefficient (Wildman–Crippen LogP) is 1.97. The maximum Gasteiger partial charge on any atom is 0.218 e. The number of nitrogens with zero attached hydrogens (tertiary/aromatic N) is 4. The summed E-state index contributed by atoms with van der Waals surface area (Å²) in [5.41, 5.74) is 1.97. The maximum absolute atomic E-state index is 5.39. The molecule has 0 saturated heterocycles. The molecule has 0 spiro atoms. The van der Waals surface area contributed by atoms with Gasteiger partial charge in [-0.1, -0.05) is 0 Å². The van der Waals surface area contributed by atoms with E-state index in [2.05, 4.69) is 20.4 Å². The molecule has 0 saturated carbocycles. The van der Waals surface area contributed by atoms with Gasteiger partial charge in [0.2, 0.25) is 5.88 Å². The van der Waals surface area contributed by atoms with Crippen LogP contribution in [0.2, 0.25) is 0 Å². The van der Waals surface area contributed by atoms with E-state index in [-0.39, 0.29) is 0 Å². The van der Waals surface area contributed by atoms with Crippen LogP contribution in [0.4, 0.5) is 11.5 Å². The second kappa shape index (κ2) is 5.03. The van der Waals surface area contributed by atoms with Crippen LogP contribution in [0, 0.1) is 13.8 Å². The molecule has 0 fully saturated rings. The Hall–Kier alpha value is -2.11. The zero-order valence-corrected chi connectivity index (χ0v) is 11.1. The maximum atomic E-state index is 5.39. The number of aryl methyl sites for hydroxylation is 2. The zero-order valence-electron chi connectivity index (χ0n) is 11.1. The molecule has 0 atom stereocenters. The van der Waals surface area contributed by atoms with Crippen molar-refractivity contribution in [2.24, 2.45) is 7.05 Å². The average molecular weight is 247 g/mol. The van der Waals surface area contributed by atoms with Gasteiger partial charge in [-0.15, -0.1) is 0 Å². The van der Waals surface area contributed by atoms with Crippen LogP contribution in [0.3, 0.4) is 0 Å². The van der Waals surface area contributed by atoms with E-state index in [4.69, 9.17) is 4.74 Å². The molecule has 0 aliphatic rings. The number of anilines is 2. The van der Waals surface area contributed by atoms with E-state index in [0.29, 0.717) is 24.1 Å². The molecule has 2 rings (SSSR count). The lowest BCUT2D eigenvalue weighted by molar-refractivity contribution is 0.325. The molecule has 0 aliphatic heterocycles. The molecule has 18 heavy (non-hydrogen) atoms. The fraction of sp³-hybridized carbons (Fsp3) is 0.417. The highest BCUT2D eigenvalue weighted by Gasteiger charge is 2.07. The van der Waals surface area contributed by atoms with E-state index in [9.17, 15) is 0 Å². The van der Waals surface area contributed by atoms with Gasteiger partial charge in [0.1, 0.15) is 11.6 Å². The predicted molar refractivity (Wildman–Crippen MR) is 69.2 cm³/mol. The van der Waals surface area contributed by atoms with Gasteiger partial charge in [0, 0.05) is 13.1 Å². The minimum atomic E-state index is 0.578. The molecular weight excluding hydrogens is 230 g/mol. The van der Waals surface area contributed by atoms with E-state index < -0.39 is 0 Å². The van der Waals surface area contributed by atoms with Gasteiger partial charge in [-0.3, -0.25) is 4.68 Å². The van der Waals surface area contributed by atoms with Gasteiger partial charge in [-0.25, -0.2) is 4.98 Å². The summed E-state index contributed by atoms with van der Waals surface area (Å²) in [6, 6.07) is 1.78. The van der Waals surface area contributed by atoms with Crippen molar-refractivity contribution < 1.29 is 4.74 Å². The number of nitrogens with one attached hydrogen (secondary N) is 1. The molecule has 6 nitrogen and oxygen atoms in total. The van der Waals surface area contributed by atoms with Gasteiger partial charge >= 0.3 is 0 Å². The third-order valence-electron chi connectivity index (χ3n) is 2.60. The van der Waals surface area contributed by atoms with Gasteiger partial charge < -0.3 is 10.1 Å². The average Bonchev–Trinajstić information content (AvgIpc) is 2.61. The number of hydrogen-bond donors (Lipinski definition) is 1. The molecule has 2 aromatic heterocycles. The van der Waals surface area contributed by atoms with Gasteiger partial charge in [0.05, 0.1) is 24.2 Å². The normalized spacial score (nSPS) is 10.4. The number of ether oxygens (including phenoxy) is 1. The van der Waals surface area contributed by atoms with Crippen LogP contribution in [-0.4, -0.2) is 26.4 Å². The van der Waals surface area contributed by atoms with Crippen LogP contribution in [0.1, 0.15) is 18.4 Å². The lowest BCUT2D eigenvalue weighted by Crippen LogP contribution is -2.02. The van der Waals surface area contributed by atoms with Crippen molar-refractivity contribution in [3.05, 3.63) is 23.8 Å².